The highest BCUT2D eigenvalue weighted by Crippen LogP contribution is 2.38. The van der Waals surface area contributed by atoms with Gasteiger partial charge >= 0.3 is 0 Å². The second kappa shape index (κ2) is 10.6. The average molecular weight is 576 g/mol. The molecular formula is C28H25N5O5S2. The molecule has 40 heavy (non-hydrogen) atoms. The molecule has 204 valence electrons. The Morgan fingerprint density at radius 1 is 1.10 bits per heavy atom. The molecule has 6 aromatic rings. The number of methoxy groups -OCH3 is 2. The minimum absolute atomic E-state index is 0.000998. The predicted octanol–water partition coefficient (Wildman–Crippen LogP) is 6.02. The SMILES string of the molecule is CCN(C)C(=O)c1ccc(-c2nc(COc3cc(OC)cc4oc(-c5cn6nc(OC)sc6n5)cc34)cs2)cc1. The van der Waals surface area contributed by atoms with Crippen LogP contribution in [0.15, 0.2) is 58.5 Å². The van der Waals surface area contributed by atoms with Gasteiger partial charge in [0.15, 0.2) is 5.76 Å². The summed E-state index contributed by atoms with van der Waals surface area (Å²) in [7, 11) is 4.97. The van der Waals surface area contributed by atoms with Gasteiger partial charge in [0, 0.05) is 42.2 Å². The Morgan fingerprint density at radius 2 is 1.93 bits per heavy atom. The Balaban J connectivity index is 1.22. The maximum atomic E-state index is 12.4. The van der Waals surface area contributed by atoms with Gasteiger partial charge in [-0.15, -0.1) is 16.4 Å². The number of ether oxygens (including phenoxy) is 3. The van der Waals surface area contributed by atoms with Crippen LogP contribution in [0.5, 0.6) is 16.7 Å². The Bertz CT molecular complexity index is 1790. The fourth-order valence-electron chi connectivity index (χ4n) is 4.11. The number of aromatic nitrogens is 4. The number of rotatable bonds is 9. The number of benzene rings is 2. The third-order valence-electron chi connectivity index (χ3n) is 6.39. The highest BCUT2D eigenvalue weighted by Gasteiger charge is 2.18. The molecule has 1 amide bonds. The average Bonchev–Trinajstić information content (AvgIpc) is 3.77. The van der Waals surface area contributed by atoms with Crippen molar-refractivity contribution < 1.29 is 23.4 Å². The first-order chi connectivity index (χ1) is 19.4. The molecule has 10 nitrogen and oxygen atoms in total. The van der Waals surface area contributed by atoms with Crippen molar-refractivity contribution in [3.8, 4) is 38.7 Å². The summed E-state index contributed by atoms with van der Waals surface area (Å²) in [6.07, 6.45) is 1.80. The first-order valence-electron chi connectivity index (χ1n) is 12.4. The molecule has 12 heteroatoms. The summed E-state index contributed by atoms with van der Waals surface area (Å²) in [4.78, 5) is 24.1. The normalized spacial score (nSPS) is 11.3. The van der Waals surface area contributed by atoms with E-state index in [4.69, 9.17) is 23.6 Å². The number of carbonyl (C=O) groups is 1. The molecule has 0 aliphatic carbocycles. The van der Waals surface area contributed by atoms with Crippen molar-refractivity contribution in [2.75, 3.05) is 27.8 Å². The lowest BCUT2D eigenvalue weighted by molar-refractivity contribution is 0.0802. The second-order valence-corrected chi connectivity index (χ2v) is 10.7. The largest absolute Gasteiger partial charge is 0.496 e. The van der Waals surface area contributed by atoms with Crippen LogP contribution < -0.4 is 14.2 Å². The van der Waals surface area contributed by atoms with E-state index in [0.717, 1.165) is 21.7 Å². The fourth-order valence-corrected chi connectivity index (χ4v) is 5.62. The minimum atomic E-state index is -0.000998. The van der Waals surface area contributed by atoms with Gasteiger partial charge in [-0.2, -0.15) is 0 Å². The van der Waals surface area contributed by atoms with Gasteiger partial charge in [-0.3, -0.25) is 4.79 Å². The van der Waals surface area contributed by atoms with Crippen LogP contribution in [0.25, 0.3) is 38.0 Å². The summed E-state index contributed by atoms with van der Waals surface area (Å²) < 4.78 is 24.7. The maximum Gasteiger partial charge on any atom is 0.294 e. The molecule has 0 aliphatic heterocycles. The molecule has 4 aromatic heterocycles. The lowest BCUT2D eigenvalue weighted by Gasteiger charge is -2.14. The molecule has 2 aromatic carbocycles. The van der Waals surface area contributed by atoms with E-state index >= 15 is 0 Å². The van der Waals surface area contributed by atoms with Crippen molar-refractivity contribution in [3.63, 3.8) is 0 Å². The number of amides is 1. The Morgan fingerprint density at radius 3 is 2.65 bits per heavy atom. The van der Waals surface area contributed by atoms with Gasteiger partial charge in [-0.05, 0) is 36.5 Å². The topological polar surface area (TPSA) is 104 Å². The van der Waals surface area contributed by atoms with E-state index in [1.54, 1.807) is 36.9 Å². The van der Waals surface area contributed by atoms with Crippen LogP contribution >= 0.6 is 22.7 Å². The van der Waals surface area contributed by atoms with E-state index in [-0.39, 0.29) is 12.5 Å². The number of thiazole rings is 1. The molecule has 0 N–H and O–H groups in total. The lowest BCUT2D eigenvalue weighted by Crippen LogP contribution is -2.26. The fraction of sp³-hybridized carbons (Fsp3) is 0.214. The van der Waals surface area contributed by atoms with Gasteiger partial charge in [-0.25, -0.2) is 14.5 Å². The molecule has 0 saturated heterocycles. The van der Waals surface area contributed by atoms with Crippen LogP contribution in [0.2, 0.25) is 0 Å². The summed E-state index contributed by atoms with van der Waals surface area (Å²) >= 11 is 2.87. The van der Waals surface area contributed by atoms with Gasteiger partial charge in [-0.1, -0.05) is 12.1 Å². The number of hydrogen-bond acceptors (Lipinski definition) is 10. The summed E-state index contributed by atoms with van der Waals surface area (Å²) in [5.41, 5.74) is 3.66. The van der Waals surface area contributed by atoms with Crippen molar-refractivity contribution in [1.82, 2.24) is 24.5 Å². The molecule has 0 radical (unpaired) electrons. The van der Waals surface area contributed by atoms with Crippen molar-refractivity contribution in [2.24, 2.45) is 0 Å². The number of nitrogens with zero attached hydrogens (tertiary/aromatic N) is 5. The minimum Gasteiger partial charge on any atom is -0.496 e. The third kappa shape index (κ3) is 4.87. The number of imidazole rings is 1. The standard InChI is InChI=1S/C28H25N5O5S2/c1-5-32(2)26(34)17-8-6-16(7-9-17)25-29-18(15-39-25)14-37-22-10-19(35-3)11-23-20(22)12-24(38-23)21-13-33-27(30-21)40-28(31-33)36-4/h6-13,15H,5,14H2,1-4H3. The molecule has 0 bridgehead atoms. The number of furan rings is 1. The molecule has 0 fully saturated rings. The second-order valence-electron chi connectivity index (χ2n) is 8.90. The summed E-state index contributed by atoms with van der Waals surface area (Å²) in [5, 5.41) is 8.48. The third-order valence-corrected chi connectivity index (χ3v) is 8.21. The van der Waals surface area contributed by atoms with Gasteiger partial charge in [0.25, 0.3) is 11.1 Å². The van der Waals surface area contributed by atoms with Crippen molar-refractivity contribution in [1.29, 1.82) is 0 Å². The molecular weight excluding hydrogens is 550 g/mol. The van der Waals surface area contributed by atoms with Gasteiger partial charge < -0.3 is 23.5 Å². The molecule has 4 heterocycles. The number of carbonyl (C=O) groups excluding carboxylic acids is 1. The maximum absolute atomic E-state index is 12.4. The first-order valence-corrected chi connectivity index (χ1v) is 14.1. The monoisotopic (exact) mass is 575 g/mol. The van der Waals surface area contributed by atoms with Gasteiger partial charge in [0.1, 0.15) is 34.4 Å². The zero-order valence-electron chi connectivity index (χ0n) is 22.2. The van der Waals surface area contributed by atoms with Crippen LogP contribution in [0.4, 0.5) is 0 Å². The molecule has 0 unspecified atom stereocenters. The summed E-state index contributed by atoms with van der Waals surface area (Å²) in [6, 6.07) is 13.1. The summed E-state index contributed by atoms with van der Waals surface area (Å²) in [5.74, 6) is 1.82. The number of fused-ring (bicyclic) bond motifs is 2. The Hall–Kier alpha value is -4.42. The van der Waals surface area contributed by atoms with Crippen LogP contribution in [0.1, 0.15) is 23.0 Å². The van der Waals surface area contributed by atoms with Crippen LogP contribution in [0.3, 0.4) is 0 Å². The van der Waals surface area contributed by atoms with E-state index in [0.29, 0.717) is 50.8 Å². The smallest absolute Gasteiger partial charge is 0.294 e. The van der Waals surface area contributed by atoms with Gasteiger partial charge in [0.2, 0.25) is 4.96 Å². The molecule has 0 spiro atoms. The Kier molecular flexibility index (Phi) is 6.86. The lowest BCUT2D eigenvalue weighted by atomic mass is 10.1. The van der Waals surface area contributed by atoms with E-state index in [2.05, 4.69) is 10.1 Å². The number of hydrogen-bond donors (Lipinski definition) is 0. The van der Waals surface area contributed by atoms with E-state index in [9.17, 15) is 4.79 Å². The zero-order valence-corrected chi connectivity index (χ0v) is 23.8. The first kappa shape index (κ1) is 25.8. The van der Waals surface area contributed by atoms with Crippen molar-refractivity contribution in [2.45, 2.75) is 13.5 Å². The molecule has 0 atom stereocenters. The quantitative estimate of drug-likeness (QED) is 0.206. The van der Waals surface area contributed by atoms with Crippen LogP contribution in [-0.2, 0) is 6.61 Å². The van der Waals surface area contributed by atoms with E-state index in [1.165, 1.54) is 22.7 Å². The van der Waals surface area contributed by atoms with Crippen molar-refractivity contribution in [3.05, 3.63) is 65.3 Å². The highest BCUT2D eigenvalue weighted by atomic mass is 32.1. The molecule has 6 rings (SSSR count). The molecule has 0 aliphatic rings. The molecule has 0 saturated carbocycles. The zero-order chi connectivity index (χ0) is 27.8. The van der Waals surface area contributed by atoms with Crippen LogP contribution in [0, 0.1) is 0 Å². The van der Waals surface area contributed by atoms with Crippen molar-refractivity contribution >= 4 is 44.5 Å². The highest BCUT2D eigenvalue weighted by molar-refractivity contribution is 7.18. The van der Waals surface area contributed by atoms with E-state index in [1.807, 2.05) is 54.8 Å². The summed E-state index contributed by atoms with van der Waals surface area (Å²) in [6.45, 7) is 2.87. The van der Waals surface area contributed by atoms with E-state index < -0.39 is 0 Å². The van der Waals surface area contributed by atoms with Gasteiger partial charge in [0.05, 0.1) is 31.5 Å². The Labute approximate surface area is 237 Å². The predicted molar refractivity (Wildman–Crippen MR) is 154 cm³/mol. The van der Waals surface area contributed by atoms with Crippen LogP contribution in [-0.4, -0.2) is 58.2 Å².